The second kappa shape index (κ2) is 9.57. The lowest BCUT2D eigenvalue weighted by atomic mass is 9.91. The fraction of sp³-hybridized carbons (Fsp3) is 0.348. The third-order valence-electron chi connectivity index (χ3n) is 5.65. The normalized spacial score (nSPS) is 18.9. The number of benzene rings is 2. The molecule has 1 atom stereocenters. The third-order valence-corrected chi connectivity index (χ3v) is 5.65. The average molecular weight is 509 g/mol. The molecule has 36 heavy (non-hydrogen) atoms. The van der Waals surface area contributed by atoms with E-state index in [9.17, 15) is 27.6 Å². The number of ether oxygens (including phenoxy) is 4. The first-order valence-corrected chi connectivity index (χ1v) is 10.7. The molecule has 0 unspecified atom stereocenters. The first-order valence-electron chi connectivity index (χ1n) is 10.7. The summed E-state index contributed by atoms with van der Waals surface area (Å²) in [5.41, 5.74) is -2.37. The second-order valence-electron chi connectivity index (χ2n) is 8.11. The number of halogens is 3. The van der Waals surface area contributed by atoms with Gasteiger partial charge in [0.2, 0.25) is 12.7 Å². The number of fused-ring (bicyclic) bond motifs is 1. The van der Waals surface area contributed by atoms with Crippen LogP contribution in [0, 0.1) is 0 Å². The van der Waals surface area contributed by atoms with Crippen LogP contribution in [0.15, 0.2) is 36.4 Å². The molecule has 0 spiro atoms. The molecule has 1 fully saturated rings. The Morgan fingerprint density at radius 3 is 2.61 bits per heavy atom. The monoisotopic (exact) mass is 509 g/mol. The summed E-state index contributed by atoms with van der Waals surface area (Å²) < 4.78 is 60.4. The Balaban J connectivity index is 1.51. The summed E-state index contributed by atoms with van der Waals surface area (Å²) in [6.45, 7) is 0.936. The van der Waals surface area contributed by atoms with Crippen LogP contribution in [0.3, 0.4) is 0 Å². The summed E-state index contributed by atoms with van der Waals surface area (Å²) in [6.07, 6.45) is -4.66. The zero-order valence-electron chi connectivity index (χ0n) is 19.2. The molecule has 1 saturated heterocycles. The number of carbonyl (C=O) groups excluding carboxylic acids is 3. The van der Waals surface area contributed by atoms with E-state index in [1.807, 2.05) is 0 Å². The van der Waals surface area contributed by atoms with Gasteiger partial charge in [0.1, 0.15) is 24.4 Å². The molecule has 4 amide bonds. The van der Waals surface area contributed by atoms with Crippen molar-refractivity contribution in [1.82, 2.24) is 10.2 Å². The number of nitrogens with one attached hydrogen (secondary N) is 2. The molecular weight excluding hydrogens is 487 g/mol. The quantitative estimate of drug-likeness (QED) is 0.415. The van der Waals surface area contributed by atoms with Crippen LogP contribution >= 0.6 is 0 Å². The van der Waals surface area contributed by atoms with Gasteiger partial charge in [0.05, 0.1) is 17.9 Å². The first kappa shape index (κ1) is 25.1. The van der Waals surface area contributed by atoms with Crippen molar-refractivity contribution < 1.29 is 46.5 Å². The van der Waals surface area contributed by atoms with Crippen molar-refractivity contribution in [2.75, 3.05) is 39.0 Å². The van der Waals surface area contributed by atoms with E-state index in [0.29, 0.717) is 28.0 Å². The first-order chi connectivity index (χ1) is 17.0. The van der Waals surface area contributed by atoms with Crippen molar-refractivity contribution in [2.45, 2.75) is 18.6 Å². The van der Waals surface area contributed by atoms with E-state index in [0.717, 1.165) is 12.1 Å². The highest BCUT2D eigenvalue weighted by Gasteiger charge is 2.50. The van der Waals surface area contributed by atoms with Crippen molar-refractivity contribution in [3.63, 3.8) is 0 Å². The number of nitrogens with zero attached hydrogens (tertiary/aromatic N) is 1. The molecular formula is C23H22F3N3O7. The van der Waals surface area contributed by atoms with Gasteiger partial charge in [0.25, 0.3) is 5.91 Å². The summed E-state index contributed by atoms with van der Waals surface area (Å²) in [6, 6.07) is 6.48. The van der Waals surface area contributed by atoms with Crippen molar-refractivity contribution >= 4 is 23.5 Å². The van der Waals surface area contributed by atoms with Gasteiger partial charge >= 0.3 is 12.2 Å². The van der Waals surface area contributed by atoms with E-state index in [4.69, 9.17) is 18.9 Å². The topological polar surface area (TPSA) is 115 Å². The van der Waals surface area contributed by atoms with Crippen molar-refractivity contribution in [1.29, 1.82) is 0 Å². The molecule has 4 rings (SSSR count). The number of alkyl halides is 3. The standard InChI is InChI=1S/C23H22F3N3O7/c1-22(13-3-6-17-18(10-13)36-12-35-17)20(31)29(21(32)28-22)11-19(30)27-15-9-14(23(24,25)26)4-5-16(15)34-8-7-33-2/h3-6,9-10H,7-8,11-12H2,1-2H3,(H,27,30)(H,28,32)/t22-/m1/s1. The molecule has 13 heteroatoms. The Labute approximate surface area is 203 Å². The average Bonchev–Trinajstić information content (AvgIpc) is 3.37. The number of hydrogen-bond acceptors (Lipinski definition) is 7. The lowest BCUT2D eigenvalue weighted by Gasteiger charge is -2.22. The Bertz CT molecular complexity index is 1200. The minimum atomic E-state index is -4.66. The summed E-state index contributed by atoms with van der Waals surface area (Å²) in [5, 5.41) is 4.86. The Hall–Kier alpha value is -4.00. The van der Waals surface area contributed by atoms with Crippen LogP contribution in [0.1, 0.15) is 18.1 Å². The highest BCUT2D eigenvalue weighted by Crippen LogP contribution is 2.38. The van der Waals surface area contributed by atoms with E-state index in [2.05, 4.69) is 10.6 Å². The maximum atomic E-state index is 13.2. The Morgan fingerprint density at radius 2 is 1.89 bits per heavy atom. The maximum Gasteiger partial charge on any atom is 0.416 e. The number of imide groups is 1. The van der Waals surface area contributed by atoms with Gasteiger partial charge in [0.15, 0.2) is 11.5 Å². The maximum absolute atomic E-state index is 13.2. The number of carbonyl (C=O) groups is 3. The summed E-state index contributed by atoms with van der Waals surface area (Å²) in [4.78, 5) is 39.1. The van der Waals surface area contributed by atoms with Gasteiger partial charge in [-0.3, -0.25) is 14.5 Å². The van der Waals surface area contributed by atoms with E-state index < -0.39 is 41.7 Å². The summed E-state index contributed by atoms with van der Waals surface area (Å²) >= 11 is 0. The van der Waals surface area contributed by atoms with E-state index in [-0.39, 0.29) is 31.4 Å². The van der Waals surface area contributed by atoms with E-state index in [1.54, 1.807) is 18.2 Å². The van der Waals surface area contributed by atoms with Crippen LogP contribution in [-0.2, 0) is 26.0 Å². The van der Waals surface area contributed by atoms with Gasteiger partial charge in [-0.05, 0) is 42.8 Å². The number of urea groups is 1. The molecule has 2 aromatic carbocycles. The SMILES string of the molecule is COCCOc1ccc(C(F)(F)F)cc1NC(=O)CN1C(=O)N[C@](C)(c2ccc3c(c2)OCO3)C1=O. The van der Waals surface area contributed by atoms with Crippen LogP contribution in [0.5, 0.6) is 17.2 Å². The third kappa shape index (κ3) is 4.87. The molecule has 10 nitrogen and oxygen atoms in total. The van der Waals surface area contributed by atoms with Crippen LogP contribution in [0.4, 0.5) is 23.7 Å². The van der Waals surface area contributed by atoms with Crippen molar-refractivity contribution in [3.05, 3.63) is 47.5 Å². The smallest absolute Gasteiger partial charge is 0.416 e. The van der Waals surface area contributed by atoms with Gasteiger partial charge in [-0.25, -0.2) is 4.79 Å². The zero-order chi connectivity index (χ0) is 26.1. The number of methoxy groups -OCH3 is 1. The highest BCUT2D eigenvalue weighted by atomic mass is 19.4. The molecule has 192 valence electrons. The molecule has 0 bridgehead atoms. The lowest BCUT2D eigenvalue weighted by Crippen LogP contribution is -2.42. The van der Waals surface area contributed by atoms with Crippen LogP contribution < -0.4 is 24.8 Å². The molecule has 2 aliphatic heterocycles. The van der Waals surface area contributed by atoms with Crippen LogP contribution in [0.25, 0.3) is 0 Å². The summed E-state index contributed by atoms with van der Waals surface area (Å²) in [7, 11) is 1.42. The second-order valence-corrected chi connectivity index (χ2v) is 8.11. The van der Waals surface area contributed by atoms with Gasteiger partial charge in [-0.1, -0.05) is 6.07 Å². The molecule has 0 radical (unpaired) electrons. The minimum absolute atomic E-state index is 0.0195. The Kier molecular flexibility index (Phi) is 6.67. The van der Waals surface area contributed by atoms with Gasteiger partial charge in [-0.2, -0.15) is 13.2 Å². The molecule has 2 N–H and O–H groups in total. The molecule has 2 heterocycles. The molecule has 0 aromatic heterocycles. The Morgan fingerprint density at radius 1 is 1.14 bits per heavy atom. The van der Waals surface area contributed by atoms with Crippen LogP contribution in [0.2, 0.25) is 0 Å². The largest absolute Gasteiger partial charge is 0.489 e. The minimum Gasteiger partial charge on any atom is -0.489 e. The zero-order valence-corrected chi connectivity index (χ0v) is 19.2. The fourth-order valence-electron chi connectivity index (χ4n) is 3.74. The predicted octanol–water partition coefficient (Wildman–Crippen LogP) is 2.87. The number of amides is 4. The van der Waals surface area contributed by atoms with Crippen molar-refractivity contribution in [3.8, 4) is 17.2 Å². The lowest BCUT2D eigenvalue weighted by molar-refractivity contribution is -0.137. The molecule has 0 aliphatic carbocycles. The van der Waals surface area contributed by atoms with Gasteiger partial charge < -0.3 is 29.6 Å². The number of anilines is 1. The summed E-state index contributed by atoms with van der Waals surface area (Å²) in [5.74, 6) is -0.764. The number of rotatable bonds is 8. The fourth-order valence-corrected chi connectivity index (χ4v) is 3.74. The van der Waals surface area contributed by atoms with E-state index >= 15 is 0 Å². The highest BCUT2D eigenvalue weighted by molar-refractivity contribution is 6.10. The molecule has 0 saturated carbocycles. The van der Waals surface area contributed by atoms with Crippen LogP contribution in [-0.4, -0.2) is 56.4 Å². The van der Waals surface area contributed by atoms with Gasteiger partial charge in [-0.15, -0.1) is 0 Å². The van der Waals surface area contributed by atoms with Crippen molar-refractivity contribution in [2.24, 2.45) is 0 Å². The molecule has 2 aliphatic rings. The number of hydrogen-bond donors (Lipinski definition) is 2. The predicted molar refractivity (Wildman–Crippen MR) is 118 cm³/mol. The molecule has 2 aromatic rings. The van der Waals surface area contributed by atoms with Gasteiger partial charge in [0, 0.05) is 7.11 Å². The van der Waals surface area contributed by atoms with E-state index in [1.165, 1.54) is 14.0 Å².